The van der Waals surface area contributed by atoms with E-state index in [1.807, 2.05) is 0 Å². The largest absolute Gasteiger partial charge is 0.466 e. The molecule has 0 spiro atoms. The lowest BCUT2D eigenvalue weighted by molar-refractivity contribution is -0.143. The third kappa shape index (κ3) is 55.9. The van der Waals surface area contributed by atoms with Gasteiger partial charge in [-0.05, 0) is 51.4 Å². The topological polar surface area (TPSA) is 95.9 Å². The Morgan fingerprint density at radius 2 is 0.671 bits per heavy atom. The van der Waals surface area contributed by atoms with Gasteiger partial charge < -0.3 is 20.3 Å². The number of amides is 1. The molecule has 70 heavy (non-hydrogen) atoms. The van der Waals surface area contributed by atoms with Crippen LogP contribution in [0.25, 0.3) is 0 Å². The van der Waals surface area contributed by atoms with Gasteiger partial charge in [0.05, 0.1) is 25.4 Å². The summed E-state index contributed by atoms with van der Waals surface area (Å²) in [5.41, 5.74) is 0. The van der Waals surface area contributed by atoms with E-state index >= 15 is 0 Å². The Kier molecular flexibility index (Phi) is 59.0. The number of carbonyl (C=O) groups excluding carboxylic acids is 2. The summed E-state index contributed by atoms with van der Waals surface area (Å²) < 4.78 is 5.48. The predicted octanol–water partition coefficient (Wildman–Crippen LogP) is 20.0. The first-order chi connectivity index (χ1) is 34.5. The number of rotatable bonds is 60. The average Bonchev–Trinajstić information content (AvgIpc) is 3.36. The summed E-state index contributed by atoms with van der Waals surface area (Å²) in [5, 5.41) is 23.4. The van der Waals surface area contributed by atoms with E-state index in [0.717, 1.165) is 70.6 Å². The van der Waals surface area contributed by atoms with Crippen molar-refractivity contribution < 1.29 is 24.5 Å². The van der Waals surface area contributed by atoms with Crippen LogP contribution >= 0.6 is 0 Å². The molecule has 6 nitrogen and oxygen atoms in total. The summed E-state index contributed by atoms with van der Waals surface area (Å²) >= 11 is 0. The molecule has 0 aromatic carbocycles. The molecule has 0 aliphatic heterocycles. The van der Waals surface area contributed by atoms with E-state index in [2.05, 4.69) is 31.3 Å². The SMILES string of the molecule is CCCCCCCCCCCCCCCCCCCCCCCC(O)C(CO)NC(=O)CCCCCCCCC/C=C\CCCCCCOC(=O)CCCCCCCCCCCCCCCCCCC. The summed E-state index contributed by atoms with van der Waals surface area (Å²) in [5.74, 6) is -0.0509. The van der Waals surface area contributed by atoms with E-state index in [0.29, 0.717) is 25.9 Å². The van der Waals surface area contributed by atoms with Crippen molar-refractivity contribution in [1.29, 1.82) is 0 Å². The molecule has 2 atom stereocenters. The summed E-state index contributed by atoms with van der Waals surface area (Å²) in [7, 11) is 0. The predicted molar refractivity (Wildman–Crippen MR) is 306 cm³/mol. The molecule has 0 aromatic rings. The van der Waals surface area contributed by atoms with Gasteiger partial charge in [0.2, 0.25) is 5.91 Å². The van der Waals surface area contributed by atoms with E-state index in [9.17, 15) is 19.8 Å². The van der Waals surface area contributed by atoms with Gasteiger partial charge in [-0.2, -0.15) is 0 Å². The number of unbranched alkanes of at least 4 members (excludes halogenated alkanes) is 47. The number of hydrogen-bond donors (Lipinski definition) is 3. The number of ether oxygens (including phenoxy) is 1. The molecule has 0 heterocycles. The van der Waals surface area contributed by atoms with Gasteiger partial charge >= 0.3 is 5.97 Å². The summed E-state index contributed by atoms with van der Waals surface area (Å²) in [6, 6.07) is -0.553. The maximum Gasteiger partial charge on any atom is 0.305 e. The summed E-state index contributed by atoms with van der Waals surface area (Å²) in [6.45, 7) is 4.96. The van der Waals surface area contributed by atoms with Crippen LogP contribution in [0.3, 0.4) is 0 Å². The Morgan fingerprint density at radius 3 is 1.01 bits per heavy atom. The first kappa shape index (κ1) is 68.6. The highest BCUT2D eigenvalue weighted by molar-refractivity contribution is 5.76. The molecular weight excluding hydrogens is 863 g/mol. The van der Waals surface area contributed by atoms with Crippen molar-refractivity contribution in [1.82, 2.24) is 5.32 Å². The third-order valence-electron chi connectivity index (χ3n) is 15.1. The first-order valence-electron chi connectivity index (χ1n) is 31.9. The monoisotopic (exact) mass is 988 g/mol. The van der Waals surface area contributed by atoms with Gasteiger partial charge in [0.1, 0.15) is 0 Å². The Bertz CT molecular complexity index is 1050. The van der Waals surface area contributed by atoms with Crippen LogP contribution in [0.1, 0.15) is 361 Å². The minimum Gasteiger partial charge on any atom is -0.466 e. The molecule has 0 aliphatic carbocycles. The second-order valence-corrected chi connectivity index (χ2v) is 22.1. The van der Waals surface area contributed by atoms with Crippen molar-refractivity contribution in [2.24, 2.45) is 0 Å². The third-order valence-corrected chi connectivity index (χ3v) is 15.1. The summed E-state index contributed by atoms with van der Waals surface area (Å²) in [6.07, 6.45) is 72.2. The minimum absolute atomic E-state index is 0.00491. The fourth-order valence-electron chi connectivity index (χ4n) is 10.2. The molecule has 0 saturated carbocycles. The standard InChI is InChI=1S/C64H125NO5/c1-3-5-7-9-11-13-15-17-19-21-22-23-24-26-28-32-36-40-44-48-52-56-62(67)61(60-66)65-63(68)57-53-49-45-41-37-33-29-27-31-35-39-43-47-51-55-59-70-64(69)58-54-50-46-42-38-34-30-25-20-18-16-14-12-10-8-6-4-2/h31,35,61-62,66-67H,3-30,32-34,36-60H2,1-2H3,(H,65,68)/b35-31-. The van der Waals surface area contributed by atoms with Crippen LogP contribution in [0.5, 0.6) is 0 Å². The molecule has 0 aliphatic rings. The lowest BCUT2D eigenvalue weighted by Crippen LogP contribution is -2.45. The Balaban J connectivity index is 3.44. The van der Waals surface area contributed by atoms with Crippen LogP contribution in [-0.4, -0.2) is 47.4 Å². The van der Waals surface area contributed by atoms with Crippen molar-refractivity contribution in [3.63, 3.8) is 0 Å². The highest BCUT2D eigenvalue weighted by Gasteiger charge is 2.20. The molecule has 3 N–H and O–H groups in total. The van der Waals surface area contributed by atoms with Gasteiger partial charge in [0.15, 0.2) is 0 Å². The van der Waals surface area contributed by atoms with E-state index in [-0.39, 0.29) is 18.5 Å². The molecule has 1 amide bonds. The van der Waals surface area contributed by atoms with Crippen LogP contribution in [-0.2, 0) is 14.3 Å². The Morgan fingerprint density at radius 1 is 0.386 bits per heavy atom. The highest BCUT2D eigenvalue weighted by Crippen LogP contribution is 2.18. The van der Waals surface area contributed by atoms with Crippen LogP contribution in [0, 0.1) is 0 Å². The molecule has 2 unspecified atom stereocenters. The maximum atomic E-state index is 12.5. The number of allylic oxidation sites excluding steroid dienone is 2. The van der Waals surface area contributed by atoms with Gasteiger partial charge in [-0.25, -0.2) is 0 Å². The molecule has 0 bridgehead atoms. The lowest BCUT2D eigenvalue weighted by Gasteiger charge is -2.22. The Hall–Kier alpha value is -1.40. The van der Waals surface area contributed by atoms with Crippen molar-refractivity contribution in [3.05, 3.63) is 12.2 Å². The molecular formula is C64H125NO5. The Labute approximate surface area is 438 Å². The number of esters is 1. The van der Waals surface area contributed by atoms with Crippen LogP contribution in [0.4, 0.5) is 0 Å². The lowest BCUT2D eigenvalue weighted by atomic mass is 10.0. The van der Waals surface area contributed by atoms with E-state index < -0.39 is 12.1 Å². The van der Waals surface area contributed by atoms with Gasteiger partial charge in [0.25, 0.3) is 0 Å². The summed E-state index contributed by atoms with van der Waals surface area (Å²) in [4.78, 5) is 24.6. The molecule has 0 rings (SSSR count). The van der Waals surface area contributed by atoms with E-state index in [4.69, 9.17) is 4.74 Å². The fraction of sp³-hybridized carbons (Fsp3) is 0.938. The maximum absolute atomic E-state index is 12.5. The van der Waals surface area contributed by atoms with Crippen LogP contribution in [0.2, 0.25) is 0 Å². The van der Waals surface area contributed by atoms with E-state index in [1.54, 1.807) is 0 Å². The van der Waals surface area contributed by atoms with Crippen molar-refractivity contribution in [3.8, 4) is 0 Å². The highest BCUT2D eigenvalue weighted by atomic mass is 16.5. The zero-order valence-corrected chi connectivity index (χ0v) is 47.5. The number of aliphatic hydroxyl groups is 2. The fourth-order valence-corrected chi connectivity index (χ4v) is 10.2. The van der Waals surface area contributed by atoms with Crippen molar-refractivity contribution in [2.75, 3.05) is 13.2 Å². The number of aliphatic hydroxyl groups excluding tert-OH is 2. The molecule has 0 fully saturated rings. The minimum atomic E-state index is -0.675. The average molecular weight is 989 g/mol. The molecule has 0 radical (unpaired) electrons. The second kappa shape index (κ2) is 60.2. The quantitative estimate of drug-likeness (QED) is 0.0321. The first-order valence-corrected chi connectivity index (χ1v) is 31.9. The number of hydrogen-bond acceptors (Lipinski definition) is 5. The van der Waals surface area contributed by atoms with Gasteiger partial charge in [-0.3, -0.25) is 9.59 Å². The normalized spacial score (nSPS) is 12.6. The van der Waals surface area contributed by atoms with Gasteiger partial charge in [-0.15, -0.1) is 0 Å². The van der Waals surface area contributed by atoms with Crippen LogP contribution < -0.4 is 5.32 Å². The zero-order valence-electron chi connectivity index (χ0n) is 47.5. The van der Waals surface area contributed by atoms with E-state index in [1.165, 1.54) is 257 Å². The van der Waals surface area contributed by atoms with Crippen molar-refractivity contribution >= 4 is 11.9 Å². The van der Waals surface area contributed by atoms with Crippen LogP contribution in [0.15, 0.2) is 12.2 Å². The number of nitrogens with one attached hydrogen (secondary N) is 1. The molecule has 416 valence electrons. The molecule has 0 aromatic heterocycles. The van der Waals surface area contributed by atoms with Gasteiger partial charge in [0, 0.05) is 12.8 Å². The smallest absolute Gasteiger partial charge is 0.305 e. The van der Waals surface area contributed by atoms with Gasteiger partial charge in [-0.1, -0.05) is 309 Å². The number of carbonyl (C=O) groups is 2. The van der Waals surface area contributed by atoms with Crippen molar-refractivity contribution in [2.45, 2.75) is 373 Å². The zero-order chi connectivity index (χ0) is 50.7. The molecule has 0 saturated heterocycles. The second-order valence-electron chi connectivity index (χ2n) is 22.1. The molecule has 6 heteroatoms.